The van der Waals surface area contributed by atoms with Gasteiger partial charge in [-0.15, -0.1) is 0 Å². The van der Waals surface area contributed by atoms with Crippen molar-refractivity contribution in [1.82, 2.24) is 5.32 Å². The molecule has 0 bridgehead atoms. The number of hydrogen-bond donors (Lipinski definition) is 1. The van der Waals surface area contributed by atoms with E-state index in [1.807, 2.05) is 25.7 Å². The van der Waals surface area contributed by atoms with E-state index in [9.17, 15) is 4.79 Å². The number of carbonyl (C=O) groups is 1. The van der Waals surface area contributed by atoms with Gasteiger partial charge in [-0.05, 0) is 69.5 Å². The molecule has 1 saturated carbocycles. The van der Waals surface area contributed by atoms with Gasteiger partial charge in [0.1, 0.15) is 5.60 Å². The van der Waals surface area contributed by atoms with Gasteiger partial charge >= 0.3 is 6.09 Å². The van der Waals surface area contributed by atoms with Crippen LogP contribution in [0.4, 0.5) is 10.5 Å². The Morgan fingerprint density at radius 3 is 2.80 bits per heavy atom. The number of amides is 1. The Morgan fingerprint density at radius 2 is 2.12 bits per heavy atom. The maximum atomic E-state index is 12.6. The van der Waals surface area contributed by atoms with E-state index in [2.05, 4.69) is 30.4 Å². The lowest BCUT2D eigenvalue weighted by molar-refractivity contribution is 0.0583. The van der Waals surface area contributed by atoms with Crippen LogP contribution in [0.2, 0.25) is 0 Å². The van der Waals surface area contributed by atoms with Gasteiger partial charge in [0.25, 0.3) is 0 Å². The summed E-state index contributed by atoms with van der Waals surface area (Å²) in [5.41, 5.74) is 3.04. The van der Waals surface area contributed by atoms with Crippen molar-refractivity contribution in [3.05, 3.63) is 29.3 Å². The fourth-order valence-corrected chi connectivity index (χ4v) is 4.10. The normalized spacial score (nSPS) is 23.0. The van der Waals surface area contributed by atoms with Crippen LogP contribution in [0.25, 0.3) is 0 Å². The zero-order valence-electron chi connectivity index (χ0n) is 16.1. The van der Waals surface area contributed by atoms with E-state index >= 15 is 0 Å². The van der Waals surface area contributed by atoms with Crippen LogP contribution in [0, 0.1) is 11.8 Å². The van der Waals surface area contributed by atoms with Crippen LogP contribution in [-0.4, -0.2) is 24.8 Å². The summed E-state index contributed by atoms with van der Waals surface area (Å²) in [4.78, 5) is 14.4. The van der Waals surface area contributed by atoms with E-state index < -0.39 is 5.60 Å². The summed E-state index contributed by atoms with van der Waals surface area (Å²) in [6, 6.07) is 6.36. The number of carbonyl (C=O) groups excluding carboxylic acids is 1. The first kappa shape index (κ1) is 18.2. The SMILES string of the molecule is CC1CCC(CNCc2cccc3c2N(C(=O)OC(C)(C)C)CC3)C1. The monoisotopic (exact) mass is 344 g/mol. The minimum absolute atomic E-state index is 0.233. The van der Waals surface area contributed by atoms with Gasteiger partial charge in [0.15, 0.2) is 0 Å². The lowest BCUT2D eigenvalue weighted by Crippen LogP contribution is -2.36. The highest BCUT2D eigenvalue weighted by Crippen LogP contribution is 2.33. The Balaban J connectivity index is 1.66. The summed E-state index contributed by atoms with van der Waals surface area (Å²) in [7, 11) is 0. The lowest BCUT2D eigenvalue weighted by atomic mass is 10.1. The molecule has 1 aromatic carbocycles. The smallest absolute Gasteiger partial charge is 0.414 e. The molecule has 138 valence electrons. The lowest BCUT2D eigenvalue weighted by Gasteiger charge is -2.26. The highest BCUT2D eigenvalue weighted by atomic mass is 16.6. The predicted molar refractivity (Wildman–Crippen MR) is 102 cm³/mol. The molecule has 1 aromatic rings. The largest absolute Gasteiger partial charge is 0.443 e. The van der Waals surface area contributed by atoms with Gasteiger partial charge in [0.05, 0.1) is 5.69 Å². The average Bonchev–Trinajstić information content (AvgIpc) is 3.12. The van der Waals surface area contributed by atoms with E-state index in [4.69, 9.17) is 4.74 Å². The maximum absolute atomic E-state index is 12.6. The van der Waals surface area contributed by atoms with Crippen molar-refractivity contribution in [3.63, 3.8) is 0 Å². The number of para-hydroxylation sites is 1. The Bertz CT molecular complexity index is 621. The molecule has 25 heavy (non-hydrogen) atoms. The number of anilines is 1. The van der Waals surface area contributed by atoms with Gasteiger partial charge in [0, 0.05) is 13.1 Å². The molecule has 1 N–H and O–H groups in total. The molecule has 1 aliphatic carbocycles. The maximum Gasteiger partial charge on any atom is 0.414 e. The van der Waals surface area contributed by atoms with Crippen LogP contribution in [0.3, 0.4) is 0 Å². The summed E-state index contributed by atoms with van der Waals surface area (Å²) < 4.78 is 5.60. The van der Waals surface area contributed by atoms with Crippen LogP contribution in [-0.2, 0) is 17.7 Å². The van der Waals surface area contributed by atoms with Crippen LogP contribution < -0.4 is 10.2 Å². The standard InChI is InChI=1S/C21H32N2O2/c1-15-8-9-16(12-15)13-22-14-18-7-5-6-17-10-11-23(19(17)18)20(24)25-21(2,3)4/h5-7,15-16,22H,8-14H2,1-4H3. The van der Waals surface area contributed by atoms with Gasteiger partial charge < -0.3 is 10.1 Å². The molecule has 2 aliphatic rings. The molecule has 0 spiro atoms. The fraction of sp³-hybridized carbons (Fsp3) is 0.667. The van der Waals surface area contributed by atoms with Crippen molar-refractivity contribution in [2.75, 3.05) is 18.0 Å². The minimum Gasteiger partial charge on any atom is -0.443 e. The summed E-state index contributed by atoms with van der Waals surface area (Å²) in [5, 5.41) is 3.62. The predicted octanol–water partition coefficient (Wildman–Crippen LogP) is 4.51. The zero-order valence-corrected chi connectivity index (χ0v) is 16.1. The number of nitrogens with zero attached hydrogens (tertiary/aromatic N) is 1. The molecule has 1 heterocycles. The van der Waals surface area contributed by atoms with Gasteiger partial charge in [-0.1, -0.05) is 31.5 Å². The molecule has 1 amide bonds. The van der Waals surface area contributed by atoms with E-state index in [0.717, 1.165) is 37.0 Å². The minimum atomic E-state index is -0.466. The first-order valence-electron chi connectivity index (χ1n) is 9.65. The first-order valence-corrected chi connectivity index (χ1v) is 9.65. The number of fused-ring (bicyclic) bond motifs is 1. The van der Waals surface area contributed by atoms with Crippen molar-refractivity contribution in [1.29, 1.82) is 0 Å². The fourth-order valence-electron chi connectivity index (χ4n) is 4.10. The van der Waals surface area contributed by atoms with Crippen molar-refractivity contribution in [3.8, 4) is 0 Å². The average molecular weight is 344 g/mol. The second kappa shape index (κ2) is 7.36. The molecule has 4 heteroatoms. The molecular formula is C21H32N2O2. The summed E-state index contributed by atoms with van der Waals surface area (Å²) in [5.74, 6) is 1.67. The molecule has 0 saturated heterocycles. The third-order valence-corrected chi connectivity index (χ3v) is 5.24. The number of hydrogen-bond acceptors (Lipinski definition) is 3. The van der Waals surface area contributed by atoms with Crippen LogP contribution in [0.15, 0.2) is 18.2 Å². The van der Waals surface area contributed by atoms with Crippen LogP contribution in [0.5, 0.6) is 0 Å². The molecule has 2 atom stereocenters. The number of ether oxygens (including phenoxy) is 1. The van der Waals surface area contributed by atoms with Crippen molar-refractivity contribution in [2.45, 2.75) is 65.5 Å². The van der Waals surface area contributed by atoms with Gasteiger partial charge in [0.2, 0.25) is 0 Å². The van der Waals surface area contributed by atoms with E-state index in [0.29, 0.717) is 6.54 Å². The number of benzene rings is 1. The molecule has 2 unspecified atom stereocenters. The second-order valence-corrected chi connectivity index (χ2v) is 8.72. The van der Waals surface area contributed by atoms with Crippen molar-refractivity contribution >= 4 is 11.8 Å². The van der Waals surface area contributed by atoms with E-state index in [1.54, 1.807) is 0 Å². The zero-order chi connectivity index (χ0) is 18.0. The van der Waals surface area contributed by atoms with Gasteiger partial charge in [-0.2, -0.15) is 0 Å². The van der Waals surface area contributed by atoms with Gasteiger partial charge in [-0.3, -0.25) is 4.90 Å². The molecular weight excluding hydrogens is 312 g/mol. The van der Waals surface area contributed by atoms with Crippen molar-refractivity contribution < 1.29 is 9.53 Å². The molecule has 1 aliphatic heterocycles. The van der Waals surface area contributed by atoms with E-state index in [1.165, 1.54) is 30.4 Å². The Labute approximate surface area is 151 Å². The highest BCUT2D eigenvalue weighted by molar-refractivity contribution is 5.91. The molecule has 1 fully saturated rings. The molecule has 0 aromatic heterocycles. The molecule has 4 nitrogen and oxygen atoms in total. The first-order chi connectivity index (χ1) is 11.8. The summed E-state index contributed by atoms with van der Waals surface area (Å²) in [6.07, 6.45) is 4.71. The second-order valence-electron chi connectivity index (χ2n) is 8.72. The Hall–Kier alpha value is -1.55. The van der Waals surface area contributed by atoms with E-state index in [-0.39, 0.29) is 6.09 Å². The number of rotatable bonds is 4. The summed E-state index contributed by atoms with van der Waals surface area (Å²) in [6.45, 7) is 10.7. The Kier molecular flexibility index (Phi) is 5.38. The highest BCUT2D eigenvalue weighted by Gasteiger charge is 2.30. The third kappa shape index (κ3) is 4.55. The molecule has 0 radical (unpaired) electrons. The molecule has 3 rings (SSSR count). The van der Waals surface area contributed by atoms with Gasteiger partial charge in [-0.25, -0.2) is 4.79 Å². The number of nitrogens with one attached hydrogen (secondary N) is 1. The van der Waals surface area contributed by atoms with Crippen molar-refractivity contribution in [2.24, 2.45) is 11.8 Å². The Morgan fingerprint density at radius 1 is 1.32 bits per heavy atom. The quantitative estimate of drug-likeness (QED) is 0.874. The van der Waals surface area contributed by atoms with Crippen LogP contribution in [0.1, 0.15) is 58.1 Å². The summed E-state index contributed by atoms with van der Waals surface area (Å²) >= 11 is 0. The topological polar surface area (TPSA) is 41.6 Å². The van der Waals surface area contributed by atoms with Crippen LogP contribution >= 0.6 is 0 Å². The third-order valence-electron chi connectivity index (χ3n) is 5.24.